The van der Waals surface area contributed by atoms with Gasteiger partial charge in [0.1, 0.15) is 5.75 Å². The topological polar surface area (TPSA) is 9.23 Å². The molecule has 0 aliphatic rings. The van der Waals surface area contributed by atoms with Crippen LogP contribution in [0, 0.1) is 6.92 Å². The Morgan fingerprint density at radius 3 is 2.65 bits per heavy atom. The molecule has 2 aromatic rings. The van der Waals surface area contributed by atoms with E-state index in [1.165, 1.54) is 4.88 Å². The largest absolute Gasteiger partial charge is 0.496 e. The van der Waals surface area contributed by atoms with E-state index in [9.17, 15) is 0 Å². The highest BCUT2D eigenvalue weighted by molar-refractivity contribution is 9.09. The number of thiophene rings is 1. The van der Waals surface area contributed by atoms with E-state index in [-0.39, 0.29) is 4.83 Å². The zero-order chi connectivity index (χ0) is 12.4. The van der Waals surface area contributed by atoms with Gasteiger partial charge in [0.2, 0.25) is 0 Å². The molecule has 0 aliphatic heterocycles. The molecule has 0 N–H and O–H groups in total. The molecule has 0 radical (unpaired) electrons. The van der Waals surface area contributed by atoms with Gasteiger partial charge in [-0.15, -0.1) is 11.3 Å². The Bertz CT molecular complexity index is 504. The number of halogens is 2. The normalized spacial score (nSPS) is 12.5. The molecule has 4 heteroatoms. The SMILES string of the molecule is COc1ccccc1C(Br)c1cc(C)c(Cl)s1. The fraction of sp³-hybridized carbons (Fsp3) is 0.231. The van der Waals surface area contributed by atoms with Crippen LogP contribution < -0.4 is 4.74 Å². The highest BCUT2D eigenvalue weighted by Gasteiger charge is 2.17. The molecule has 0 spiro atoms. The lowest BCUT2D eigenvalue weighted by Gasteiger charge is -2.12. The van der Waals surface area contributed by atoms with Crippen molar-refractivity contribution in [2.45, 2.75) is 11.8 Å². The summed E-state index contributed by atoms with van der Waals surface area (Å²) in [6, 6.07) is 10.1. The summed E-state index contributed by atoms with van der Waals surface area (Å²) in [6.07, 6.45) is 0. The maximum Gasteiger partial charge on any atom is 0.123 e. The minimum atomic E-state index is 0.120. The molecule has 17 heavy (non-hydrogen) atoms. The molecule has 0 aliphatic carbocycles. The van der Waals surface area contributed by atoms with Crippen LogP contribution in [-0.2, 0) is 0 Å². The first-order valence-corrected chi connectivity index (χ1v) is 7.27. The lowest BCUT2D eigenvalue weighted by Crippen LogP contribution is -1.94. The number of aryl methyl sites for hydroxylation is 1. The quantitative estimate of drug-likeness (QED) is 0.702. The predicted octanol–water partition coefficient (Wildman–Crippen LogP) is 5.20. The van der Waals surface area contributed by atoms with Crippen molar-refractivity contribution in [3.63, 3.8) is 0 Å². The zero-order valence-corrected chi connectivity index (χ0v) is 12.7. The van der Waals surface area contributed by atoms with Crippen molar-refractivity contribution in [3.05, 3.63) is 50.7 Å². The molecular formula is C13H12BrClOS. The van der Waals surface area contributed by atoms with Crippen LogP contribution in [0.3, 0.4) is 0 Å². The summed E-state index contributed by atoms with van der Waals surface area (Å²) in [5.74, 6) is 0.886. The number of hydrogen-bond donors (Lipinski definition) is 0. The van der Waals surface area contributed by atoms with Crippen LogP contribution in [0.25, 0.3) is 0 Å². The molecule has 1 nitrogen and oxygen atoms in total. The molecule has 2 rings (SSSR count). The van der Waals surface area contributed by atoms with Crippen LogP contribution >= 0.6 is 38.9 Å². The van der Waals surface area contributed by atoms with Crippen LogP contribution in [0.1, 0.15) is 20.8 Å². The Morgan fingerprint density at radius 2 is 2.06 bits per heavy atom. The fourth-order valence-electron chi connectivity index (χ4n) is 1.64. The highest BCUT2D eigenvalue weighted by atomic mass is 79.9. The van der Waals surface area contributed by atoms with Crippen molar-refractivity contribution in [3.8, 4) is 5.75 Å². The summed E-state index contributed by atoms with van der Waals surface area (Å²) in [5, 5.41) is 0. The third-order valence-corrected chi connectivity index (χ3v) is 5.45. The van der Waals surface area contributed by atoms with E-state index >= 15 is 0 Å². The molecule has 1 aromatic carbocycles. The monoisotopic (exact) mass is 330 g/mol. The van der Waals surface area contributed by atoms with E-state index in [1.54, 1.807) is 18.4 Å². The summed E-state index contributed by atoms with van der Waals surface area (Å²) in [4.78, 5) is 1.31. The lowest BCUT2D eigenvalue weighted by atomic mass is 10.1. The van der Waals surface area contributed by atoms with Gasteiger partial charge in [-0.1, -0.05) is 45.7 Å². The molecule has 0 saturated heterocycles. The first-order valence-electron chi connectivity index (χ1n) is 5.16. The second-order valence-corrected chi connectivity index (χ2v) is 6.31. The van der Waals surface area contributed by atoms with Crippen LogP contribution in [0.15, 0.2) is 30.3 Å². The maximum absolute atomic E-state index is 6.10. The number of methoxy groups -OCH3 is 1. The van der Waals surface area contributed by atoms with E-state index in [2.05, 4.69) is 28.1 Å². The first-order chi connectivity index (χ1) is 8.13. The van der Waals surface area contributed by atoms with Gasteiger partial charge in [0.15, 0.2) is 0 Å². The van der Waals surface area contributed by atoms with Crippen LogP contribution in [0.2, 0.25) is 4.34 Å². The molecule has 0 fully saturated rings. The Morgan fingerprint density at radius 1 is 1.35 bits per heavy atom. The van der Waals surface area contributed by atoms with E-state index in [4.69, 9.17) is 16.3 Å². The number of ether oxygens (including phenoxy) is 1. The lowest BCUT2D eigenvalue weighted by molar-refractivity contribution is 0.410. The molecular weight excluding hydrogens is 320 g/mol. The maximum atomic E-state index is 6.10. The van der Waals surface area contributed by atoms with E-state index in [1.807, 2.05) is 25.1 Å². The van der Waals surface area contributed by atoms with Crippen molar-refractivity contribution >= 4 is 38.9 Å². The summed E-state index contributed by atoms with van der Waals surface area (Å²) in [7, 11) is 1.69. The Hall–Kier alpha value is -0.510. The number of alkyl halides is 1. The summed E-state index contributed by atoms with van der Waals surface area (Å²) in [6.45, 7) is 2.02. The van der Waals surface area contributed by atoms with Crippen molar-refractivity contribution in [1.29, 1.82) is 0 Å². The molecule has 0 saturated carbocycles. The van der Waals surface area contributed by atoms with Crippen molar-refractivity contribution in [2.75, 3.05) is 7.11 Å². The zero-order valence-electron chi connectivity index (χ0n) is 9.54. The smallest absolute Gasteiger partial charge is 0.123 e. The van der Waals surface area contributed by atoms with E-state index in [0.29, 0.717) is 0 Å². The van der Waals surface area contributed by atoms with Gasteiger partial charge in [-0.05, 0) is 24.6 Å². The third-order valence-electron chi connectivity index (χ3n) is 2.54. The van der Waals surface area contributed by atoms with Gasteiger partial charge in [0, 0.05) is 10.4 Å². The second-order valence-electron chi connectivity index (χ2n) is 3.71. The number of benzene rings is 1. The molecule has 0 bridgehead atoms. The van der Waals surface area contributed by atoms with Crippen molar-refractivity contribution in [2.24, 2.45) is 0 Å². The van der Waals surface area contributed by atoms with Crippen LogP contribution in [0.5, 0.6) is 5.75 Å². The second kappa shape index (κ2) is 5.42. The van der Waals surface area contributed by atoms with Crippen molar-refractivity contribution in [1.82, 2.24) is 0 Å². The highest BCUT2D eigenvalue weighted by Crippen LogP contribution is 2.41. The van der Waals surface area contributed by atoms with Gasteiger partial charge in [-0.25, -0.2) is 0 Å². The first kappa shape index (κ1) is 12.9. The minimum Gasteiger partial charge on any atom is -0.496 e. The van der Waals surface area contributed by atoms with Gasteiger partial charge in [-0.3, -0.25) is 0 Å². The summed E-state index contributed by atoms with van der Waals surface area (Å²) >= 11 is 11.4. The number of hydrogen-bond acceptors (Lipinski definition) is 2. The van der Waals surface area contributed by atoms with Crippen molar-refractivity contribution < 1.29 is 4.74 Å². The van der Waals surface area contributed by atoms with Crippen LogP contribution in [-0.4, -0.2) is 7.11 Å². The number of rotatable bonds is 3. The Labute approximate surface area is 119 Å². The van der Waals surface area contributed by atoms with Gasteiger partial charge >= 0.3 is 0 Å². The van der Waals surface area contributed by atoms with Crippen LogP contribution in [0.4, 0.5) is 0 Å². The van der Waals surface area contributed by atoms with Gasteiger partial charge in [-0.2, -0.15) is 0 Å². The molecule has 1 atom stereocenters. The molecule has 1 heterocycles. The fourth-order valence-corrected chi connectivity index (χ4v) is 3.64. The van der Waals surface area contributed by atoms with Gasteiger partial charge in [0.25, 0.3) is 0 Å². The average molecular weight is 332 g/mol. The summed E-state index contributed by atoms with van der Waals surface area (Å²) < 4.78 is 6.21. The molecule has 1 aromatic heterocycles. The van der Waals surface area contributed by atoms with E-state index in [0.717, 1.165) is 21.2 Å². The minimum absolute atomic E-state index is 0.120. The standard InChI is InChI=1S/C13H12BrClOS/c1-8-7-11(17-13(8)15)12(14)9-5-3-4-6-10(9)16-2/h3-7,12H,1-2H3. The van der Waals surface area contributed by atoms with Gasteiger partial charge < -0.3 is 4.74 Å². The molecule has 1 unspecified atom stereocenters. The molecule has 0 amide bonds. The average Bonchev–Trinajstić information content (AvgIpc) is 2.68. The Kier molecular flexibility index (Phi) is 4.13. The van der Waals surface area contributed by atoms with E-state index < -0.39 is 0 Å². The molecule has 90 valence electrons. The summed E-state index contributed by atoms with van der Waals surface area (Å²) in [5.41, 5.74) is 2.24. The van der Waals surface area contributed by atoms with Gasteiger partial charge in [0.05, 0.1) is 16.3 Å². The number of para-hydroxylation sites is 1. The predicted molar refractivity (Wildman–Crippen MR) is 77.8 cm³/mol. The Balaban J connectivity index is 2.39. The third kappa shape index (κ3) is 2.67.